The largest absolute Gasteiger partial charge is 0.376 e. The van der Waals surface area contributed by atoms with Gasteiger partial charge in [-0.2, -0.15) is 0 Å². The van der Waals surface area contributed by atoms with Gasteiger partial charge in [0.05, 0.1) is 30.5 Å². The van der Waals surface area contributed by atoms with Crippen molar-refractivity contribution in [1.29, 1.82) is 0 Å². The summed E-state index contributed by atoms with van der Waals surface area (Å²) in [6.07, 6.45) is 2.64. The molecule has 0 amide bonds. The van der Waals surface area contributed by atoms with Gasteiger partial charge in [-0.15, -0.1) is 0 Å². The second-order valence-electron chi connectivity index (χ2n) is 7.28. The lowest BCUT2D eigenvalue weighted by Gasteiger charge is -2.38. The highest BCUT2D eigenvalue weighted by atomic mass is 16.5. The summed E-state index contributed by atoms with van der Waals surface area (Å²) in [6, 6.07) is 19.1. The normalized spacial score (nSPS) is 20.6. The van der Waals surface area contributed by atoms with E-state index >= 15 is 0 Å². The second kappa shape index (κ2) is 6.74. The third-order valence-corrected chi connectivity index (χ3v) is 5.33. The van der Waals surface area contributed by atoms with E-state index in [1.54, 1.807) is 0 Å². The molecule has 2 aliphatic heterocycles. The van der Waals surface area contributed by atoms with E-state index in [4.69, 9.17) is 9.72 Å². The fraction of sp³-hybridized carbons (Fsp3) is 0.381. The molecular weight excluding hydrogens is 324 g/mol. The molecule has 0 bridgehead atoms. The molecule has 0 aliphatic carbocycles. The molecule has 5 rings (SSSR count). The molecule has 3 aromatic rings. The Morgan fingerprint density at radius 3 is 2.69 bits per heavy atom. The molecule has 0 N–H and O–H groups in total. The third kappa shape index (κ3) is 2.97. The summed E-state index contributed by atoms with van der Waals surface area (Å²) in [5, 5.41) is 0. The van der Waals surface area contributed by atoms with Crippen LogP contribution in [0.25, 0.3) is 11.0 Å². The zero-order chi connectivity index (χ0) is 17.3. The second-order valence-corrected chi connectivity index (χ2v) is 7.28. The molecule has 3 heterocycles. The summed E-state index contributed by atoms with van der Waals surface area (Å²) in [4.78, 5) is 9.79. The highest BCUT2D eigenvalue weighted by Gasteiger charge is 2.29. The number of nitrogens with zero attached hydrogens (tertiary/aromatic N) is 4. The van der Waals surface area contributed by atoms with E-state index in [1.165, 1.54) is 17.5 Å². The van der Waals surface area contributed by atoms with Crippen LogP contribution in [0.2, 0.25) is 0 Å². The molecule has 5 heteroatoms. The summed E-state index contributed by atoms with van der Waals surface area (Å²) in [5.41, 5.74) is 3.62. The number of hydrogen-bond acceptors (Lipinski definition) is 4. The molecule has 0 unspecified atom stereocenters. The number of para-hydroxylation sites is 2. The molecule has 2 aliphatic rings. The SMILES string of the molecule is c1ccc(CN2CN(C[C@H]3CCCO3)c3nc4ccccc4n3C2)cc1. The van der Waals surface area contributed by atoms with Crippen molar-refractivity contribution in [2.45, 2.75) is 32.2 Å². The van der Waals surface area contributed by atoms with E-state index in [1.807, 2.05) is 0 Å². The lowest BCUT2D eigenvalue weighted by Crippen LogP contribution is -2.47. The average Bonchev–Trinajstić information content (AvgIpc) is 3.31. The Kier molecular flexibility index (Phi) is 4.11. The van der Waals surface area contributed by atoms with Crippen LogP contribution in [0.15, 0.2) is 54.6 Å². The number of rotatable bonds is 4. The molecule has 0 spiro atoms. The number of benzene rings is 2. The van der Waals surface area contributed by atoms with Crippen molar-refractivity contribution in [2.75, 3.05) is 24.7 Å². The summed E-state index contributed by atoms with van der Waals surface area (Å²) >= 11 is 0. The zero-order valence-corrected chi connectivity index (χ0v) is 14.9. The highest BCUT2D eigenvalue weighted by Crippen LogP contribution is 2.28. The Labute approximate surface area is 153 Å². The zero-order valence-electron chi connectivity index (χ0n) is 14.9. The molecule has 26 heavy (non-hydrogen) atoms. The van der Waals surface area contributed by atoms with Crippen molar-refractivity contribution in [3.63, 3.8) is 0 Å². The summed E-state index contributed by atoms with van der Waals surface area (Å²) in [6.45, 7) is 4.50. The maximum absolute atomic E-state index is 5.90. The van der Waals surface area contributed by atoms with Gasteiger partial charge >= 0.3 is 0 Å². The van der Waals surface area contributed by atoms with Crippen LogP contribution in [0, 0.1) is 0 Å². The number of aromatic nitrogens is 2. The first kappa shape index (κ1) is 15.9. The minimum atomic E-state index is 0.319. The van der Waals surface area contributed by atoms with E-state index < -0.39 is 0 Å². The molecule has 5 nitrogen and oxygen atoms in total. The van der Waals surface area contributed by atoms with Crippen LogP contribution in [0.1, 0.15) is 18.4 Å². The fourth-order valence-electron chi connectivity index (χ4n) is 4.11. The van der Waals surface area contributed by atoms with Crippen LogP contribution in [-0.2, 0) is 18.0 Å². The van der Waals surface area contributed by atoms with Gasteiger partial charge in [0.15, 0.2) is 0 Å². The molecule has 134 valence electrons. The van der Waals surface area contributed by atoms with Crippen molar-refractivity contribution in [1.82, 2.24) is 14.5 Å². The minimum Gasteiger partial charge on any atom is -0.376 e. The van der Waals surface area contributed by atoms with Crippen molar-refractivity contribution < 1.29 is 4.74 Å². The maximum atomic E-state index is 5.90. The van der Waals surface area contributed by atoms with E-state index in [-0.39, 0.29) is 0 Å². The summed E-state index contributed by atoms with van der Waals surface area (Å²) < 4.78 is 8.25. The van der Waals surface area contributed by atoms with E-state index in [0.29, 0.717) is 6.10 Å². The Morgan fingerprint density at radius 1 is 1.00 bits per heavy atom. The molecule has 1 atom stereocenters. The summed E-state index contributed by atoms with van der Waals surface area (Å²) in [7, 11) is 0. The molecule has 2 aromatic carbocycles. The number of hydrogen-bond donors (Lipinski definition) is 0. The lowest BCUT2D eigenvalue weighted by atomic mass is 10.2. The van der Waals surface area contributed by atoms with Crippen LogP contribution in [0.4, 0.5) is 5.95 Å². The van der Waals surface area contributed by atoms with Crippen LogP contribution in [0.5, 0.6) is 0 Å². The standard InChI is InChI=1S/C21H24N4O/c1-2-7-17(8-3-1)13-23-15-24(14-18-9-6-12-26-18)21-22-19-10-4-5-11-20(19)25(21)16-23/h1-5,7-8,10-11,18H,6,9,12-16H2/t18-/m1/s1. The van der Waals surface area contributed by atoms with Gasteiger partial charge in [0.2, 0.25) is 5.95 Å². The highest BCUT2D eigenvalue weighted by molar-refractivity contribution is 5.79. The Bertz CT molecular complexity index is 885. The Morgan fingerprint density at radius 2 is 1.85 bits per heavy atom. The molecule has 1 fully saturated rings. The number of anilines is 1. The van der Waals surface area contributed by atoms with Crippen LogP contribution >= 0.6 is 0 Å². The van der Waals surface area contributed by atoms with Crippen LogP contribution in [-0.4, -0.2) is 40.4 Å². The Balaban J connectivity index is 1.47. The van der Waals surface area contributed by atoms with Gasteiger partial charge in [0.25, 0.3) is 0 Å². The van der Waals surface area contributed by atoms with Gasteiger partial charge in [-0.25, -0.2) is 4.98 Å². The topological polar surface area (TPSA) is 33.5 Å². The smallest absolute Gasteiger partial charge is 0.208 e. The van der Waals surface area contributed by atoms with Crippen molar-refractivity contribution in [3.8, 4) is 0 Å². The van der Waals surface area contributed by atoms with Gasteiger partial charge in [0.1, 0.15) is 0 Å². The van der Waals surface area contributed by atoms with Gasteiger partial charge < -0.3 is 9.64 Å². The molecule has 1 saturated heterocycles. The van der Waals surface area contributed by atoms with Crippen LogP contribution < -0.4 is 4.90 Å². The van der Waals surface area contributed by atoms with Gasteiger partial charge in [0, 0.05) is 19.7 Å². The maximum Gasteiger partial charge on any atom is 0.208 e. The third-order valence-electron chi connectivity index (χ3n) is 5.33. The molecular formula is C21H24N4O. The first-order chi connectivity index (χ1) is 12.9. The molecule has 1 aromatic heterocycles. The lowest BCUT2D eigenvalue weighted by molar-refractivity contribution is 0.105. The monoisotopic (exact) mass is 348 g/mol. The van der Waals surface area contributed by atoms with E-state index in [9.17, 15) is 0 Å². The van der Waals surface area contributed by atoms with Gasteiger partial charge in [-0.1, -0.05) is 42.5 Å². The number of ether oxygens (including phenoxy) is 1. The number of fused-ring (bicyclic) bond motifs is 3. The fourth-order valence-corrected chi connectivity index (χ4v) is 4.11. The van der Waals surface area contributed by atoms with Crippen molar-refractivity contribution >= 4 is 17.0 Å². The average molecular weight is 348 g/mol. The quantitative estimate of drug-likeness (QED) is 0.723. The number of imidazole rings is 1. The Hall–Kier alpha value is -2.37. The van der Waals surface area contributed by atoms with Crippen LogP contribution in [0.3, 0.4) is 0 Å². The molecule has 0 radical (unpaired) electrons. The predicted molar refractivity (Wildman–Crippen MR) is 103 cm³/mol. The van der Waals surface area contributed by atoms with Crippen molar-refractivity contribution in [3.05, 3.63) is 60.2 Å². The first-order valence-electron chi connectivity index (χ1n) is 9.45. The van der Waals surface area contributed by atoms with E-state index in [0.717, 1.165) is 50.9 Å². The summed E-state index contributed by atoms with van der Waals surface area (Å²) in [5.74, 6) is 1.08. The van der Waals surface area contributed by atoms with Gasteiger partial charge in [-0.05, 0) is 30.5 Å². The predicted octanol–water partition coefficient (Wildman–Crippen LogP) is 3.45. The van der Waals surface area contributed by atoms with E-state index in [2.05, 4.69) is 69.0 Å². The first-order valence-corrected chi connectivity index (χ1v) is 9.45. The minimum absolute atomic E-state index is 0.319. The van der Waals surface area contributed by atoms with Crippen molar-refractivity contribution in [2.24, 2.45) is 0 Å². The molecule has 0 saturated carbocycles. The van der Waals surface area contributed by atoms with Gasteiger partial charge in [-0.3, -0.25) is 9.47 Å².